The predicted octanol–water partition coefficient (Wildman–Crippen LogP) is -5.40. The molecule has 11 nitrogen and oxygen atoms in total. The van der Waals surface area contributed by atoms with E-state index in [4.69, 9.17) is 24.4 Å². The van der Waals surface area contributed by atoms with Crippen LogP contribution in [-0.2, 0) is 14.2 Å². The highest BCUT2D eigenvalue weighted by atomic mass is 16.7. The van der Waals surface area contributed by atoms with E-state index in [1.807, 2.05) is 0 Å². The van der Waals surface area contributed by atoms with Crippen molar-refractivity contribution in [2.45, 2.75) is 61.4 Å². The summed E-state index contributed by atoms with van der Waals surface area (Å²) in [7, 11) is 0. The van der Waals surface area contributed by atoms with Crippen LogP contribution < -0.4 is 0 Å². The maximum absolute atomic E-state index is 10.00. The lowest BCUT2D eigenvalue weighted by atomic mass is 9.97. The van der Waals surface area contributed by atoms with Gasteiger partial charge in [-0.2, -0.15) is 0 Å². The van der Waals surface area contributed by atoms with E-state index in [0.29, 0.717) is 0 Å². The van der Waals surface area contributed by atoms with Crippen LogP contribution in [0.1, 0.15) is 0 Å². The fourth-order valence-corrected chi connectivity index (χ4v) is 2.56. The first-order valence-electron chi connectivity index (χ1n) is 7.08. The van der Waals surface area contributed by atoms with Gasteiger partial charge in [0.15, 0.2) is 12.6 Å². The Morgan fingerprint density at radius 3 is 1.78 bits per heavy atom. The molecular formula is C12H22O11. The average Bonchev–Trinajstić information content (AvgIpc) is 2.54. The molecule has 0 aromatic heterocycles. The molecule has 10 atom stereocenters. The van der Waals surface area contributed by atoms with E-state index in [0.717, 1.165) is 0 Å². The van der Waals surface area contributed by atoms with Crippen molar-refractivity contribution in [1.29, 1.82) is 0 Å². The minimum atomic E-state index is -1.76. The van der Waals surface area contributed by atoms with E-state index in [9.17, 15) is 30.6 Å². The molecule has 3 unspecified atom stereocenters. The van der Waals surface area contributed by atoms with Crippen LogP contribution in [0, 0.1) is 0 Å². The van der Waals surface area contributed by atoms with Crippen molar-refractivity contribution in [3.63, 3.8) is 0 Å². The Morgan fingerprint density at radius 1 is 0.652 bits per heavy atom. The van der Waals surface area contributed by atoms with Crippen molar-refractivity contribution in [1.82, 2.24) is 0 Å². The van der Waals surface area contributed by atoms with Gasteiger partial charge in [-0.3, -0.25) is 0 Å². The fraction of sp³-hybridized carbons (Fsp3) is 1.00. The smallest absolute Gasteiger partial charge is 0.187 e. The first kappa shape index (κ1) is 18.9. The number of hydrogen-bond donors (Lipinski definition) is 8. The second kappa shape index (κ2) is 7.63. The summed E-state index contributed by atoms with van der Waals surface area (Å²) in [6.07, 6.45) is -15.7. The summed E-state index contributed by atoms with van der Waals surface area (Å²) >= 11 is 0. The summed E-state index contributed by atoms with van der Waals surface area (Å²) < 4.78 is 15.1. The van der Waals surface area contributed by atoms with Crippen molar-refractivity contribution < 1.29 is 55.1 Å². The molecule has 0 saturated carbocycles. The van der Waals surface area contributed by atoms with Crippen LogP contribution in [0.15, 0.2) is 0 Å². The van der Waals surface area contributed by atoms with Crippen molar-refractivity contribution in [3.8, 4) is 0 Å². The van der Waals surface area contributed by atoms with Crippen LogP contribution >= 0.6 is 0 Å². The highest BCUT2D eigenvalue weighted by Crippen LogP contribution is 2.28. The zero-order valence-corrected chi connectivity index (χ0v) is 12.0. The largest absolute Gasteiger partial charge is 0.394 e. The molecule has 2 rings (SSSR count). The molecule has 0 aromatic carbocycles. The van der Waals surface area contributed by atoms with Gasteiger partial charge in [0.2, 0.25) is 0 Å². The van der Waals surface area contributed by atoms with Crippen LogP contribution in [-0.4, -0.2) is 115 Å². The molecule has 11 heteroatoms. The van der Waals surface area contributed by atoms with Gasteiger partial charge in [-0.25, -0.2) is 0 Å². The van der Waals surface area contributed by atoms with Gasteiger partial charge in [0.25, 0.3) is 0 Å². The standard InChI is InChI=1S/C12H22O11/c13-1-3-5(15)7(17)8(18)12(22-3)23-10-6(16)4(2-14)21-11(20)9(10)19/h3-20H,1-2H2/t3?,4?,5-,6+,7?,8-,9+,10+,11-,12+/m1/s1. The van der Waals surface area contributed by atoms with Crippen molar-refractivity contribution >= 4 is 0 Å². The van der Waals surface area contributed by atoms with Gasteiger partial charge in [0.1, 0.15) is 48.8 Å². The van der Waals surface area contributed by atoms with Gasteiger partial charge in [0, 0.05) is 0 Å². The number of hydrogen-bond acceptors (Lipinski definition) is 11. The summed E-state index contributed by atoms with van der Waals surface area (Å²) in [5, 5.41) is 76.8. The van der Waals surface area contributed by atoms with Crippen LogP contribution in [0.25, 0.3) is 0 Å². The molecule has 0 amide bonds. The van der Waals surface area contributed by atoms with E-state index in [1.54, 1.807) is 0 Å². The monoisotopic (exact) mass is 342 g/mol. The van der Waals surface area contributed by atoms with Crippen LogP contribution in [0.4, 0.5) is 0 Å². The summed E-state index contributed by atoms with van der Waals surface area (Å²) in [5.41, 5.74) is 0. The molecule has 2 saturated heterocycles. The van der Waals surface area contributed by atoms with Crippen LogP contribution in [0.5, 0.6) is 0 Å². The molecule has 0 bridgehead atoms. The molecule has 2 aliphatic rings. The zero-order valence-electron chi connectivity index (χ0n) is 12.0. The lowest BCUT2D eigenvalue weighted by molar-refractivity contribution is -0.355. The Balaban J connectivity index is 2.11. The first-order chi connectivity index (χ1) is 10.8. The molecule has 0 radical (unpaired) electrons. The third-order valence-corrected chi connectivity index (χ3v) is 3.98. The third-order valence-electron chi connectivity index (χ3n) is 3.98. The maximum Gasteiger partial charge on any atom is 0.187 e. The molecule has 0 aromatic rings. The Morgan fingerprint density at radius 2 is 1.22 bits per heavy atom. The molecular weight excluding hydrogens is 320 g/mol. The molecule has 136 valence electrons. The molecule has 2 heterocycles. The second-order valence-electron chi connectivity index (χ2n) is 5.53. The fourth-order valence-electron chi connectivity index (χ4n) is 2.56. The Labute approximate surface area is 130 Å². The first-order valence-corrected chi connectivity index (χ1v) is 7.08. The average molecular weight is 342 g/mol. The van der Waals surface area contributed by atoms with Gasteiger partial charge < -0.3 is 55.1 Å². The maximum atomic E-state index is 10.00. The van der Waals surface area contributed by atoms with Crippen molar-refractivity contribution in [3.05, 3.63) is 0 Å². The van der Waals surface area contributed by atoms with Crippen LogP contribution in [0.2, 0.25) is 0 Å². The molecule has 0 aliphatic carbocycles. The van der Waals surface area contributed by atoms with Crippen molar-refractivity contribution in [2.75, 3.05) is 13.2 Å². The van der Waals surface area contributed by atoms with E-state index >= 15 is 0 Å². The lowest BCUT2D eigenvalue weighted by Crippen LogP contribution is -2.64. The molecule has 2 fully saturated rings. The van der Waals surface area contributed by atoms with E-state index in [2.05, 4.69) is 0 Å². The summed E-state index contributed by atoms with van der Waals surface area (Å²) in [5.74, 6) is 0. The van der Waals surface area contributed by atoms with Gasteiger partial charge in [-0.1, -0.05) is 0 Å². The van der Waals surface area contributed by atoms with E-state index in [-0.39, 0.29) is 0 Å². The number of aliphatic hydroxyl groups is 8. The van der Waals surface area contributed by atoms with Gasteiger partial charge in [0.05, 0.1) is 13.2 Å². The lowest BCUT2D eigenvalue weighted by Gasteiger charge is -2.45. The Hall–Kier alpha value is -0.440. The number of rotatable bonds is 4. The normalized spacial score (nSPS) is 51.7. The third kappa shape index (κ3) is 3.65. The Bertz CT molecular complexity index is 380. The second-order valence-corrected chi connectivity index (χ2v) is 5.53. The van der Waals surface area contributed by atoms with Crippen LogP contribution in [0.3, 0.4) is 0 Å². The minimum Gasteiger partial charge on any atom is -0.394 e. The van der Waals surface area contributed by atoms with E-state index < -0.39 is 74.6 Å². The summed E-state index contributed by atoms with van der Waals surface area (Å²) in [4.78, 5) is 0. The predicted molar refractivity (Wildman–Crippen MR) is 68.6 cm³/mol. The highest BCUT2D eigenvalue weighted by molar-refractivity contribution is 4.93. The van der Waals surface area contributed by atoms with Gasteiger partial charge in [-0.05, 0) is 0 Å². The number of aliphatic hydroxyl groups excluding tert-OH is 8. The molecule has 8 N–H and O–H groups in total. The van der Waals surface area contributed by atoms with Gasteiger partial charge in [-0.15, -0.1) is 0 Å². The minimum absolute atomic E-state index is 0.667. The molecule has 23 heavy (non-hydrogen) atoms. The SMILES string of the molecule is OCC1O[C@@H](O[C@@H]2[C@H](O)[C@H](O)OC(CO)[C@@H]2O)[C@H](O)C(O)[C@@H]1O. The summed E-state index contributed by atoms with van der Waals surface area (Å²) in [6, 6.07) is 0. The highest BCUT2D eigenvalue weighted by Gasteiger charge is 2.50. The number of ether oxygens (including phenoxy) is 3. The van der Waals surface area contributed by atoms with Gasteiger partial charge >= 0.3 is 0 Å². The molecule has 2 aliphatic heterocycles. The Kier molecular flexibility index (Phi) is 6.27. The zero-order chi connectivity index (χ0) is 17.3. The molecule has 0 spiro atoms. The topological polar surface area (TPSA) is 190 Å². The summed E-state index contributed by atoms with van der Waals surface area (Å²) in [6.45, 7) is -1.34. The van der Waals surface area contributed by atoms with E-state index in [1.165, 1.54) is 0 Å². The quantitative estimate of drug-likeness (QED) is 0.243. The van der Waals surface area contributed by atoms with Crippen molar-refractivity contribution in [2.24, 2.45) is 0 Å².